The van der Waals surface area contributed by atoms with Crippen LogP contribution in [0.3, 0.4) is 0 Å². The zero-order valence-electron chi connectivity index (χ0n) is 10.5. The maximum absolute atomic E-state index is 10.5. The number of aromatic nitrogens is 2. The van der Waals surface area contributed by atoms with Gasteiger partial charge in [-0.1, -0.05) is 19.1 Å². The third-order valence-corrected chi connectivity index (χ3v) is 2.48. The molecule has 0 unspecified atom stereocenters. The maximum Gasteiger partial charge on any atom is 0.312 e. The molecule has 2 rings (SSSR count). The van der Waals surface area contributed by atoms with Crippen LogP contribution in [0.1, 0.15) is 24.3 Å². The van der Waals surface area contributed by atoms with Crippen LogP contribution in [-0.2, 0) is 24.2 Å². The Morgan fingerprint density at radius 2 is 2.16 bits per heavy atom. The number of aliphatic carboxylic acids is 1. The molecule has 1 heterocycles. The summed E-state index contributed by atoms with van der Waals surface area (Å²) < 4.78 is 10.7. The number of carboxylic acids is 1. The number of carboxylic acid groups (broad SMARTS) is 1. The predicted octanol–water partition coefficient (Wildman–Crippen LogP) is 1.84. The lowest BCUT2D eigenvalue weighted by Gasteiger charge is -2.04. The molecule has 0 amide bonds. The standard InChI is InChI=1S/C13H14N2O4/c1-2-9-4-3-5-10(6-9)18-8-12-15-14-11(19-12)7-13(16)17/h3-6H,2,7-8H2,1H3,(H,16,17). The minimum absolute atomic E-state index is 0.0772. The van der Waals surface area contributed by atoms with E-state index in [-0.39, 0.29) is 24.8 Å². The van der Waals surface area contributed by atoms with Crippen molar-refractivity contribution in [2.45, 2.75) is 26.4 Å². The summed E-state index contributed by atoms with van der Waals surface area (Å²) in [5, 5.41) is 15.9. The molecule has 1 N–H and O–H groups in total. The molecule has 0 saturated heterocycles. The number of nitrogens with zero attached hydrogens (tertiary/aromatic N) is 2. The van der Waals surface area contributed by atoms with Gasteiger partial charge in [0.2, 0.25) is 5.89 Å². The van der Waals surface area contributed by atoms with Gasteiger partial charge in [-0.05, 0) is 24.1 Å². The van der Waals surface area contributed by atoms with Gasteiger partial charge in [0, 0.05) is 0 Å². The quantitative estimate of drug-likeness (QED) is 0.854. The zero-order chi connectivity index (χ0) is 13.7. The van der Waals surface area contributed by atoms with Crippen molar-refractivity contribution in [1.29, 1.82) is 0 Å². The fraction of sp³-hybridized carbons (Fsp3) is 0.308. The van der Waals surface area contributed by atoms with Crippen molar-refractivity contribution in [2.24, 2.45) is 0 Å². The third-order valence-electron chi connectivity index (χ3n) is 2.48. The van der Waals surface area contributed by atoms with E-state index in [0.29, 0.717) is 0 Å². The Balaban J connectivity index is 1.94. The minimum atomic E-state index is -1.01. The van der Waals surface area contributed by atoms with E-state index in [2.05, 4.69) is 17.1 Å². The Hall–Kier alpha value is -2.37. The van der Waals surface area contributed by atoms with Gasteiger partial charge < -0.3 is 14.3 Å². The molecule has 0 spiro atoms. The summed E-state index contributed by atoms with van der Waals surface area (Å²) in [6.07, 6.45) is 0.652. The zero-order valence-corrected chi connectivity index (χ0v) is 10.5. The van der Waals surface area contributed by atoms with Gasteiger partial charge in [0.1, 0.15) is 12.2 Å². The second-order valence-corrected chi connectivity index (χ2v) is 3.95. The molecule has 6 heteroatoms. The highest BCUT2D eigenvalue weighted by Crippen LogP contribution is 2.15. The van der Waals surface area contributed by atoms with Gasteiger partial charge in [0.05, 0.1) is 0 Å². The first kappa shape index (κ1) is 13.1. The smallest absolute Gasteiger partial charge is 0.312 e. The predicted molar refractivity (Wildman–Crippen MR) is 65.8 cm³/mol. The molecule has 100 valence electrons. The summed E-state index contributed by atoms with van der Waals surface area (Å²) in [5.41, 5.74) is 1.18. The van der Waals surface area contributed by atoms with Crippen LogP contribution in [0, 0.1) is 0 Å². The van der Waals surface area contributed by atoms with Gasteiger partial charge in [-0.15, -0.1) is 10.2 Å². The van der Waals surface area contributed by atoms with Crippen molar-refractivity contribution < 1.29 is 19.1 Å². The number of ether oxygens (including phenoxy) is 1. The summed E-state index contributed by atoms with van der Waals surface area (Å²) in [6.45, 7) is 2.19. The van der Waals surface area contributed by atoms with E-state index in [9.17, 15) is 4.79 Å². The molecule has 2 aromatic rings. The topological polar surface area (TPSA) is 85.5 Å². The van der Waals surface area contributed by atoms with Crippen LogP contribution >= 0.6 is 0 Å². The summed E-state index contributed by atoms with van der Waals surface area (Å²) >= 11 is 0. The number of aryl methyl sites for hydroxylation is 1. The summed E-state index contributed by atoms with van der Waals surface area (Å²) in [4.78, 5) is 10.5. The maximum atomic E-state index is 10.5. The van der Waals surface area contributed by atoms with Crippen LogP contribution < -0.4 is 4.74 Å². The fourth-order valence-electron chi connectivity index (χ4n) is 1.55. The minimum Gasteiger partial charge on any atom is -0.484 e. The number of hydrogen-bond donors (Lipinski definition) is 1. The molecule has 0 aliphatic rings. The second-order valence-electron chi connectivity index (χ2n) is 3.95. The van der Waals surface area contributed by atoms with E-state index in [1.165, 1.54) is 5.56 Å². The number of hydrogen-bond acceptors (Lipinski definition) is 5. The van der Waals surface area contributed by atoms with Gasteiger partial charge in [-0.3, -0.25) is 4.79 Å². The average molecular weight is 262 g/mol. The Morgan fingerprint density at radius 1 is 1.37 bits per heavy atom. The molecule has 1 aromatic heterocycles. The van der Waals surface area contributed by atoms with Gasteiger partial charge in [0.15, 0.2) is 6.61 Å². The van der Waals surface area contributed by atoms with Crippen LogP contribution in [-0.4, -0.2) is 21.3 Å². The Morgan fingerprint density at radius 3 is 2.89 bits per heavy atom. The molecule has 1 aromatic carbocycles. The summed E-state index contributed by atoms with van der Waals surface area (Å²) in [7, 11) is 0. The Kier molecular flexibility index (Phi) is 4.12. The number of rotatable bonds is 6. The average Bonchev–Trinajstić information content (AvgIpc) is 2.83. The SMILES string of the molecule is CCc1cccc(OCc2nnc(CC(=O)O)o2)c1. The molecule has 0 atom stereocenters. The molecule has 0 saturated carbocycles. The highest BCUT2D eigenvalue weighted by atomic mass is 16.5. The molecule has 0 aliphatic carbocycles. The summed E-state index contributed by atoms with van der Waals surface area (Å²) in [5.74, 6) is 0.0515. The van der Waals surface area contributed by atoms with Crippen molar-refractivity contribution in [2.75, 3.05) is 0 Å². The van der Waals surface area contributed by atoms with E-state index >= 15 is 0 Å². The van der Waals surface area contributed by atoms with Gasteiger partial charge >= 0.3 is 5.97 Å². The highest BCUT2D eigenvalue weighted by molar-refractivity contribution is 5.68. The molecule has 0 bridgehead atoms. The van der Waals surface area contributed by atoms with Gasteiger partial charge in [-0.25, -0.2) is 0 Å². The first-order valence-corrected chi connectivity index (χ1v) is 5.92. The highest BCUT2D eigenvalue weighted by Gasteiger charge is 2.10. The first-order chi connectivity index (χ1) is 9.17. The summed E-state index contributed by atoms with van der Waals surface area (Å²) in [6, 6.07) is 7.71. The van der Waals surface area contributed by atoms with E-state index in [1.54, 1.807) is 0 Å². The lowest BCUT2D eigenvalue weighted by Crippen LogP contribution is -1.99. The lowest BCUT2D eigenvalue weighted by atomic mass is 10.2. The van der Waals surface area contributed by atoms with Crippen molar-refractivity contribution in [3.63, 3.8) is 0 Å². The fourth-order valence-corrected chi connectivity index (χ4v) is 1.55. The lowest BCUT2D eigenvalue weighted by molar-refractivity contribution is -0.136. The van der Waals surface area contributed by atoms with E-state index in [4.69, 9.17) is 14.3 Å². The van der Waals surface area contributed by atoms with Gasteiger partial charge in [-0.2, -0.15) is 0 Å². The van der Waals surface area contributed by atoms with Crippen molar-refractivity contribution in [1.82, 2.24) is 10.2 Å². The van der Waals surface area contributed by atoms with Crippen LogP contribution in [0.2, 0.25) is 0 Å². The van der Waals surface area contributed by atoms with Crippen LogP contribution in [0.5, 0.6) is 5.75 Å². The van der Waals surface area contributed by atoms with Crippen molar-refractivity contribution >= 4 is 5.97 Å². The van der Waals surface area contributed by atoms with E-state index < -0.39 is 5.97 Å². The third kappa shape index (κ3) is 3.80. The molecular weight excluding hydrogens is 248 g/mol. The number of benzene rings is 1. The van der Waals surface area contributed by atoms with Crippen molar-refractivity contribution in [3.05, 3.63) is 41.6 Å². The van der Waals surface area contributed by atoms with Crippen LogP contribution in [0.25, 0.3) is 0 Å². The Labute approximate surface area is 110 Å². The molecule has 0 fully saturated rings. The second kappa shape index (κ2) is 5.99. The van der Waals surface area contributed by atoms with E-state index in [0.717, 1.165) is 12.2 Å². The molecule has 6 nitrogen and oxygen atoms in total. The molecular formula is C13H14N2O4. The van der Waals surface area contributed by atoms with Gasteiger partial charge in [0.25, 0.3) is 5.89 Å². The Bertz CT molecular complexity index is 565. The largest absolute Gasteiger partial charge is 0.484 e. The van der Waals surface area contributed by atoms with Crippen LogP contribution in [0.4, 0.5) is 0 Å². The molecule has 0 aliphatic heterocycles. The normalized spacial score (nSPS) is 10.4. The van der Waals surface area contributed by atoms with Crippen molar-refractivity contribution in [3.8, 4) is 5.75 Å². The molecule has 0 radical (unpaired) electrons. The molecule has 19 heavy (non-hydrogen) atoms. The van der Waals surface area contributed by atoms with E-state index in [1.807, 2.05) is 24.3 Å². The monoisotopic (exact) mass is 262 g/mol. The van der Waals surface area contributed by atoms with Crippen LogP contribution in [0.15, 0.2) is 28.7 Å². The number of carbonyl (C=O) groups is 1. The first-order valence-electron chi connectivity index (χ1n) is 5.92.